The maximum absolute atomic E-state index is 11.7. The lowest BCUT2D eigenvalue weighted by atomic mass is 10.1. The van der Waals surface area contributed by atoms with E-state index in [9.17, 15) is 8.42 Å². The summed E-state index contributed by atoms with van der Waals surface area (Å²) in [6.07, 6.45) is 1.20. The molecule has 1 aromatic rings. The molecule has 1 aromatic heterocycles. The fourth-order valence-corrected chi connectivity index (χ4v) is 2.05. The molecule has 6 nitrogen and oxygen atoms in total. The van der Waals surface area contributed by atoms with E-state index in [2.05, 4.69) is 15.5 Å². The Labute approximate surface area is 125 Å². The summed E-state index contributed by atoms with van der Waals surface area (Å²) in [7, 11) is -3.20. The van der Waals surface area contributed by atoms with Crippen molar-refractivity contribution in [3.8, 4) is 0 Å². The monoisotopic (exact) mass is 316 g/mol. The summed E-state index contributed by atoms with van der Waals surface area (Å²) in [5.41, 5.74) is 7.90. The van der Waals surface area contributed by atoms with Crippen LogP contribution in [0.4, 0.5) is 5.82 Å². The van der Waals surface area contributed by atoms with Crippen LogP contribution in [0.3, 0.4) is 0 Å². The molecule has 1 heterocycles. The number of rotatable bonds is 5. The Morgan fingerprint density at radius 3 is 2.35 bits per heavy atom. The molecule has 0 radical (unpaired) electrons. The molecule has 112 valence electrons. The van der Waals surface area contributed by atoms with Gasteiger partial charge in [0.2, 0.25) is 0 Å². The molecule has 0 saturated carbocycles. The van der Waals surface area contributed by atoms with Crippen LogP contribution in [0.1, 0.15) is 30.7 Å². The number of nitrogens with two attached hydrogens (primary N) is 1. The maximum atomic E-state index is 11.7. The van der Waals surface area contributed by atoms with Crippen molar-refractivity contribution in [2.45, 2.75) is 32.4 Å². The summed E-state index contributed by atoms with van der Waals surface area (Å²) in [6.45, 7) is 7.15. The van der Waals surface area contributed by atoms with E-state index in [1.807, 2.05) is 13.8 Å². The van der Waals surface area contributed by atoms with Gasteiger partial charge >= 0.3 is 0 Å². The van der Waals surface area contributed by atoms with Crippen LogP contribution in [-0.4, -0.2) is 41.2 Å². The Morgan fingerprint density at radius 2 is 1.90 bits per heavy atom. The van der Waals surface area contributed by atoms with Crippen LogP contribution in [0, 0.1) is 13.8 Å². The van der Waals surface area contributed by atoms with Crippen molar-refractivity contribution in [2.75, 3.05) is 18.1 Å². The molecule has 1 rings (SSSR count). The molecule has 0 aliphatic rings. The van der Waals surface area contributed by atoms with Gasteiger partial charge in [-0.15, -0.1) is 5.10 Å². The highest BCUT2D eigenvalue weighted by Gasteiger charge is 2.30. The van der Waals surface area contributed by atoms with E-state index < -0.39 is 14.6 Å². The van der Waals surface area contributed by atoms with Crippen molar-refractivity contribution in [3.63, 3.8) is 0 Å². The van der Waals surface area contributed by atoms with Crippen LogP contribution in [0.5, 0.6) is 0 Å². The van der Waals surface area contributed by atoms with Crippen molar-refractivity contribution in [3.05, 3.63) is 16.8 Å². The molecule has 0 aliphatic carbocycles. The highest BCUT2D eigenvalue weighted by atomic mass is 32.2. The fourth-order valence-electron chi connectivity index (χ4n) is 1.46. The summed E-state index contributed by atoms with van der Waals surface area (Å²) >= 11 is 5.03. The molecule has 0 saturated heterocycles. The van der Waals surface area contributed by atoms with Gasteiger partial charge in [-0.1, -0.05) is 12.2 Å². The first-order chi connectivity index (χ1) is 8.97. The van der Waals surface area contributed by atoms with Gasteiger partial charge in [0.05, 0.1) is 16.0 Å². The zero-order chi connectivity index (χ0) is 15.7. The Bertz CT molecular complexity index is 639. The number of anilines is 1. The van der Waals surface area contributed by atoms with E-state index in [0.717, 1.165) is 11.3 Å². The molecule has 0 bridgehead atoms. The van der Waals surface area contributed by atoms with Gasteiger partial charge in [0.15, 0.2) is 15.7 Å². The number of sulfone groups is 1. The number of aromatic nitrogens is 2. The first-order valence-corrected chi connectivity index (χ1v) is 8.34. The molecule has 0 aromatic carbocycles. The maximum Gasteiger partial charge on any atom is 0.159 e. The number of hydrogen-bond donors (Lipinski definition) is 2. The molecule has 0 aliphatic heterocycles. The van der Waals surface area contributed by atoms with Crippen molar-refractivity contribution >= 4 is 32.9 Å². The molecular weight excluding hydrogens is 296 g/mol. The molecule has 0 atom stereocenters. The van der Waals surface area contributed by atoms with Crippen LogP contribution in [-0.2, 0) is 9.84 Å². The molecular formula is C12H20N4O2S2. The average Bonchev–Trinajstić information content (AvgIpc) is 2.28. The van der Waals surface area contributed by atoms with Gasteiger partial charge in [0.25, 0.3) is 0 Å². The van der Waals surface area contributed by atoms with Crippen molar-refractivity contribution < 1.29 is 8.42 Å². The van der Waals surface area contributed by atoms with Gasteiger partial charge < -0.3 is 11.1 Å². The van der Waals surface area contributed by atoms with E-state index in [4.69, 9.17) is 18.0 Å². The zero-order valence-electron chi connectivity index (χ0n) is 12.3. The minimum absolute atomic E-state index is 0.193. The Morgan fingerprint density at radius 1 is 1.35 bits per heavy atom. The van der Waals surface area contributed by atoms with Gasteiger partial charge in [0.1, 0.15) is 4.99 Å². The number of nitrogens with one attached hydrogen (secondary N) is 1. The quantitative estimate of drug-likeness (QED) is 0.781. The van der Waals surface area contributed by atoms with Crippen LogP contribution < -0.4 is 11.1 Å². The molecule has 3 N–H and O–H groups in total. The minimum atomic E-state index is -3.20. The lowest BCUT2D eigenvalue weighted by molar-refractivity contribution is 0.559. The Kier molecular flexibility index (Phi) is 4.70. The van der Waals surface area contributed by atoms with Gasteiger partial charge in [-0.25, -0.2) is 8.42 Å². The first kappa shape index (κ1) is 16.8. The largest absolute Gasteiger partial charge is 0.389 e. The van der Waals surface area contributed by atoms with Crippen molar-refractivity contribution in [2.24, 2.45) is 5.73 Å². The van der Waals surface area contributed by atoms with Crippen LogP contribution in [0.25, 0.3) is 0 Å². The Hall–Kier alpha value is -1.28. The summed E-state index contributed by atoms with van der Waals surface area (Å²) in [4.78, 5) is 0.208. The summed E-state index contributed by atoms with van der Waals surface area (Å²) in [5.74, 6) is 0.414. The predicted molar refractivity (Wildman–Crippen MR) is 84.8 cm³/mol. The number of thiocarbonyl (C=S) groups is 1. The highest BCUT2D eigenvalue weighted by molar-refractivity contribution is 7.92. The third-order valence-corrected chi connectivity index (χ3v) is 5.74. The molecule has 0 fully saturated rings. The second kappa shape index (κ2) is 5.61. The van der Waals surface area contributed by atoms with E-state index in [-0.39, 0.29) is 11.5 Å². The second-order valence-electron chi connectivity index (χ2n) is 5.38. The topological polar surface area (TPSA) is 98.0 Å². The summed E-state index contributed by atoms with van der Waals surface area (Å²) < 4.78 is 22.4. The van der Waals surface area contributed by atoms with Crippen LogP contribution in [0.15, 0.2) is 0 Å². The molecule has 0 spiro atoms. The fraction of sp³-hybridized carbons (Fsp3) is 0.583. The standard InChI is InChI=1S/C12H20N4O2S2/c1-7-8(2)15-16-11(9(7)10(13)19)14-6-12(3,4)20(5,17)18/h6H2,1-5H3,(H2,13,19)(H,14,16). The number of hydrogen-bond acceptors (Lipinski definition) is 6. The number of aryl methyl sites for hydroxylation is 1. The summed E-state index contributed by atoms with van der Waals surface area (Å²) in [5, 5.41) is 11.0. The average molecular weight is 316 g/mol. The van der Waals surface area contributed by atoms with Gasteiger partial charge in [0, 0.05) is 12.8 Å². The lowest BCUT2D eigenvalue weighted by Gasteiger charge is -2.24. The van der Waals surface area contributed by atoms with Gasteiger partial charge in [-0.3, -0.25) is 0 Å². The normalized spacial score (nSPS) is 12.2. The van der Waals surface area contributed by atoms with Crippen molar-refractivity contribution in [1.82, 2.24) is 10.2 Å². The smallest absolute Gasteiger partial charge is 0.159 e. The van der Waals surface area contributed by atoms with E-state index in [1.165, 1.54) is 6.26 Å². The zero-order valence-corrected chi connectivity index (χ0v) is 13.9. The second-order valence-corrected chi connectivity index (χ2v) is 8.47. The molecule has 0 amide bonds. The van der Waals surface area contributed by atoms with E-state index in [1.54, 1.807) is 13.8 Å². The third kappa shape index (κ3) is 3.43. The predicted octanol–water partition coefficient (Wildman–Crippen LogP) is 0.963. The van der Waals surface area contributed by atoms with Gasteiger partial charge in [-0.05, 0) is 33.3 Å². The SMILES string of the molecule is Cc1nnc(NCC(C)(C)S(C)(=O)=O)c(C(N)=S)c1C. The van der Waals surface area contributed by atoms with E-state index >= 15 is 0 Å². The molecule has 0 unspecified atom stereocenters. The molecule has 20 heavy (non-hydrogen) atoms. The third-order valence-electron chi connectivity index (χ3n) is 3.39. The van der Waals surface area contributed by atoms with Crippen LogP contribution >= 0.6 is 12.2 Å². The van der Waals surface area contributed by atoms with E-state index in [0.29, 0.717) is 11.4 Å². The Balaban J connectivity index is 3.12. The number of nitrogens with zero attached hydrogens (tertiary/aromatic N) is 2. The van der Waals surface area contributed by atoms with Gasteiger partial charge in [-0.2, -0.15) is 5.10 Å². The van der Waals surface area contributed by atoms with Crippen LogP contribution in [0.2, 0.25) is 0 Å². The molecule has 8 heteroatoms. The minimum Gasteiger partial charge on any atom is -0.389 e. The highest BCUT2D eigenvalue weighted by Crippen LogP contribution is 2.21. The summed E-state index contributed by atoms with van der Waals surface area (Å²) in [6, 6.07) is 0. The lowest BCUT2D eigenvalue weighted by Crippen LogP contribution is -2.39. The van der Waals surface area contributed by atoms with Crippen molar-refractivity contribution in [1.29, 1.82) is 0 Å². The first-order valence-electron chi connectivity index (χ1n) is 6.04.